The van der Waals surface area contributed by atoms with E-state index in [0.717, 1.165) is 25.3 Å². The number of carbonyl (C=O) groups is 1. The van der Waals surface area contributed by atoms with E-state index in [4.69, 9.17) is 0 Å². The first-order chi connectivity index (χ1) is 13.7. The minimum absolute atomic E-state index is 0.126. The van der Waals surface area contributed by atoms with Crippen molar-refractivity contribution >= 4 is 23.2 Å². The third-order valence-electron chi connectivity index (χ3n) is 4.64. The summed E-state index contributed by atoms with van der Waals surface area (Å²) in [6.07, 6.45) is 1.85. The fraction of sp³-hybridized carbons (Fsp3) is 0.333. The Balaban J connectivity index is 1.67. The van der Waals surface area contributed by atoms with E-state index in [1.807, 2.05) is 58.9 Å². The lowest BCUT2D eigenvalue weighted by atomic mass is 10.3. The summed E-state index contributed by atoms with van der Waals surface area (Å²) in [6, 6.07) is 15.6. The molecule has 0 aliphatic carbocycles. The van der Waals surface area contributed by atoms with E-state index in [1.165, 1.54) is 4.88 Å². The molecule has 1 N–H and O–H groups in total. The van der Waals surface area contributed by atoms with Crippen molar-refractivity contribution in [3.05, 3.63) is 65.0 Å². The molecular formula is C21H27N5OS. The lowest BCUT2D eigenvalue weighted by Gasteiger charge is -2.26. The van der Waals surface area contributed by atoms with Crippen LogP contribution < -0.4 is 5.32 Å². The quantitative estimate of drug-likeness (QED) is 0.585. The number of likely N-dealkylation sites (N-methyl/N-ethyl adjacent to an activating group) is 1. The van der Waals surface area contributed by atoms with Gasteiger partial charge in [0.25, 0.3) is 0 Å². The van der Waals surface area contributed by atoms with Crippen molar-refractivity contribution in [2.75, 3.05) is 31.5 Å². The fourth-order valence-corrected chi connectivity index (χ4v) is 3.67. The summed E-state index contributed by atoms with van der Waals surface area (Å²) in [5, 5.41) is 9.46. The number of rotatable bonds is 9. The Kier molecular flexibility index (Phi) is 7.22. The van der Waals surface area contributed by atoms with E-state index in [1.54, 1.807) is 16.0 Å². The second-order valence-electron chi connectivity index (χ2n) is 6.44. The smallest absolute Gasteiger partial charge is 0.318 e. The zero-order valence-corrected chi connectivity index (χ0v) is 17.2. The molecule has 2 amide bonds. The van der Waals surface area contributed by atoms with Gasteiger partial charge in [0.05, 0.1) is 12.2 Å². The highest BCUT2D eigenvalue weighted by Gasteiger charge is 2.17. The Morgan fingerprint density at radius 1 is 1.07 bits per heavy atom. The normalized spacial score (nSPS) is 11.0. The van der Waals surface area contributed by atoms with Crippen molar-refractivity contribution in [3.63, 3.8) is 0 Å². The van der Waals surface area contributed by atoms with Gasteiger partial charge in [-0.3, -0.25) is 5.32 Å². The standard InChI is InChI=1S/C21H27N5OS/c1-3-24(4-2)14-15-25(17-19-11-8-16-28-19)21(27)22-20-12-13-26(23-20)18-9-6-5-7-10-18/h5-13,16H,3-4,14-15,17H2,1-2H3,(H,22,23,27). The van der Waals surface area contributed by atoms with E-state index in [-0.39, 0.29) is 6.03 Å². The number of anilines is 1. The maximum Gasteiger partial charge on any atom is 0.323 e. The third kappa shape index (κ3) is 5.43. The minimum atomic E-state index is -0.126. The number of aromatic nitrogens is 2. The number of carbonyl (C=O) groups excluding carboxylic acids is 1. The molecule has 0 spiro atoms. The lowest BCUT2D eigenvalue weighted by Crippen LogP contribution is -2.40. The maximum atomic E-state index is 12.9. The predicted molar refractivity (Wildman–Crippen MR) is 115 cm³/mol. The van der Waals surface area contributed by atoms with Crippen molar-refractivity contribution in [1.29, 1.82) is 0 Å². The van der Waals surface area contributed by atoms with Crippen LogP contribution in [-0.4, -0.2) is 51.8 Å². The molecule has 0 bridgehead atoms. The van der Waals surface area contributed by atoms with Gasteiger partial charge in [0.15, 0.2) is 5.82 Å². The second kappa shape index (κ2) is 10.1. The summed E-state index contributed by atoms with van der Waals surface area (Å²) in [5.74, 6) is 0.549. The van der Waals surface area contributed by atoms with Crippen molar-refractivity contribution in [1.82, 2.24) is 19.6 Å². The van der Waals surface area contributed by atoms with Crippen molar-refractivity contribution in [3.8, 4) is 5.69 Å². The Morgan fingerprint density at radius 3 is 2.54 bits per heavy atom. The number of hydrogen-bond acceptors (Lipinski definition) is 4. The summed E-state index contributed by atoms with van der Waals surface area (Å²) in [6.45, 7) is 8.37. The summed E-state index contributed by atoms with van der Waals surface area (Å²) in [7, 11) is 0. The van der Waals surface area contributed by atoms with Crippen LogP contribution in [0.4, 0.5) is 10.6 Å². The van der Waals surface area contributed by atoms with Gasteiger partial charge in [0.2, 0.25) is 0 Å². The van der Waals surface area contributed by atoms with Crippen LogP contribution in [0.1, 0.15) is 18.7 Å². The number of thiophene rings is 1. The molecule has 2 aromatic heterocycles. The number of benzene rings is 1. The number of nitrogens with zero attached hydrogens (tertiary/aromatic N) is 4. The zero-order chi connectivity index (χ0) is 19.8. The molecule has 7 heteroatoms. The van der Waals surface area contributed by atoms with E-state index >= 15 is 0 Å². The molecule has 0 unspecified atom stereocenters. The average Bonchev–Trinajstić information content (AvgIpc) is 3.40. The van der Waals surface area contributed by atoms with E-state index < -0.39 is 0 Å². The Bertz CT molecular complexity index is 843. The number of hydrogen-bond donors (Lipinski definition) is 1. The van der Waals surface area contributed by atoms with Gasteiger partial charge in [-0.2, -0.15) is 0 Å². The monoisotopic (exact) mass is 397 g/mol. The van der Waals surface area contributed by atoms with Crippen LogP contribution in [0, 0.1) is 0 Å². The number of urea groups is 1. The van der Waals surface area contributed by atoms with Crippen LogP contribution >= 0.6 is 11.3 Å². The highest BCUT2D eigenvalue weighted by molar-refractivity contribution is 7.09. The molecule has 28 heavy (non-hydrogen) atoms. The summed E-state index contributed by atoms with van der Waals surface area (Å²) < 4.78 is 1.76. The van der Waals surface area contributed by atoms with E-state index in [9.17, 15) is 4.79 Å². The predicted octanol–water partition coefficient (Wildman–Crippen LogP) is 4.31. The molecule has 0 radical (unpaired) electrons. The molecule has 0 saturated heterocycles. The first-order valence-corrected chi connectivity index (χ1v) is 10.5. The number of nitrogens with one attached hydrogen (secondary N) is 1. The molecule has 3 rings (SSSR count). The second-order valence-corrected chi connectivity index (χ2v) is 7.47. The van der Waals surface area contributed by atoms with Gasteiger partial charge in [0.1, 0.15) is 0 Å². The lowest BCUT2D eigenvalue weighted by molar-refractivity contribution is 0.195. The van der Waals surface area contributed by atoms with Gasteiger partial charge in [0, 0.05) is 30.2 Å². The van der Waals surface area contributed by atoms with Crippen molar-refractivity contribution in [2.24, 2.45) is 0 Å². The van der Waals surface area contributed by atoms with Gasteiger partial charge in [-0.15, -0.1) is 16.4 Å². The highest BCUT2D eigenvalue weighted by Crippen LogP contribution is 2.14. The fourth-order valence-electron chi connectivity index (χ4n) is 2.95. The summed E-state index contributed by atoms with van der Waals surface area (Å²) in [4.78, 5) is 18.3. The largest absolute Gasteiger partial charge is 0.323 e. The van der Waals surface area contributed by atoms with Crippen LogP contribution in [0.25, 0.3) is 5.69 Å². The van der Waals surface area contributed by atoms with E-state index in [0.29, 0.717) is 18.9 Å². The Hall–Kier alpha value is -2.64. The third-order valence-corrected chi connectivity index (χ3v) is 5.50. The van der Waals surface area contributed by atoms with E-state index in [2.05, 4.69) is 35.2 Å². The van der Waals surface area contributed by atoms with Gasteiger partial charge in [-0.05, 0) is 36.7 Å². The van der Waals surface area contributed by atoms with Crippen LogP contribution in [-0.2, 0) is 6.54 Å². The van der Waals surface area contributed by atoms with Crippen molar-refractivity contribution < 1.29 is 4.79 Å². The first-order valence-electron chi connectivity index (χ1n) is 9.61. The summed E-state index contributed by atoms with van der Waals surface area (Å²) in [5.41, 5.74) is 0.958. The molecule has 2 heterocycles. The van der Waals surface area contributed by atoms with Gasteiger partial charge in [-0.1, -0.05) is 38.1 Å². The first kappa shape index (κ1) is 20.1. The number of para-hydroxylation sites is 1. The Morgan fingerprint density at radius 2 is 1.86 bits per heavy atom. The maximum absolute atomic E-state index is 12.9. The van der Waals surface area contributed by atoms with Crippen molar-refractivity contribution in [2.45, 2.75) is 20.4 Å². The SMILES string of the molecule is CCN(CC)CCN(Cc1cccs1)C(=O)Nc1ccn(-c2ccccc2)n1. The molecule has 1 aromatic carbocycles. The molecule has 0 fully saturated rings. The van der Waals surface area contributed by atoms with Gasteiger partial charge in [-0.25, -0.2) is 9.48 Å². The molecule has 0 aliphatic rings. The molecular weight excluding hydrogens is 370 g/mol. The van der Waals surface area contributed by atoms with Gasteiger partial charge < -0.3 is 9.80 Å². The van der Waals surface area contributed by atoms with Gasteiger partial charge >= 0.3 is 6.03 Å². The molecule has 3 aromatic rings. The Labute approximate surface area is 170 Å². The van der Waals surface area contributed by atoms with Crippen LogP contribution in [0.2, 0.25) is 0 Å². The topological polar surface area (TPSA) is 53.4 Å². The molecule has 148 valence electrons. The zero-order valence-electron chi connectivity index (χ0n) is 16.4. The number of amides is 2. The van der Waals surface area contributed by atoms with Crippen LogP contribution in [0.3, 0.4) is 0 Å². The van der Waals surface area contributed by atoms with Crippen LogP contribution in [0.15, 0.2) is 60.1 Å². The highest BCUT2D eigenvalue weighted by atomic mass is 32.1. The molecule has 0 saturated carbocycles. The minimum Gasteiger partial charge on any atom is -0.318 e. The molecule has 6 nitrogen and oxygen atoms in total. The van der Waals surface area contributed by atoms with Crippen LogP contribution in [0.5, 0.6) is 0 Å². The summed E-state index contributed by atoms with van der Waals surface area (Å²) >= 11 is 1.67. The average molecular weight is 398 g/mol. The molecule has 0 aliphatic heterocycles. The molecule has 0 atom stereocenters.